The van der Waals surface area contributed by atoms with Crippen LogP contribution in [0.3, 0.4) is 0 Å². The molecule has 1 fully saturated rings. The Hall–Kier alpha value is -3.72. The van der Waals surface area contributed by atoms with Crippen molar-refractivity contribution in [2.75, 3.05) is 11.5 Å². The summed E-state index contributed by atoms with van der Waals surface area (Å²) in [5.74, 6) is -1.35. The number of carbonyl (C=O) groups excluding carboxylic acids is 3. The summed E-state index contributed by atoms with van der Waals surface area (Å²) in [4.78, 5) is 48.3. The standard InChI is InChI=1S/C19H14ClN3O6/c1-2-29-16-8-3-12(20)9-11(16)10-15-17(24)21-19(26)22(18(15)25)13-4-6-14(7-5-13)23(27)28/h3-10H,2H2,1H3,(H,21,24,26)/b15-10+. The molecule has 1 aliphatic rings. The lowest BCUT2D eigenvalue weighted by Crippen LogP contribution is -2.54. The highest BCUT2D eigenvalue weighted by molar-refractivity contribution is 6.39. The van der Waals surface area contributed by atoms with Crippen LogP contribution in [0.4, 0.5) is 16.2 Å². The highest BCUT2D eigenvalue weighted by atomic mass is 35.5. The van der Waals surface area contributed by atoms with Gasteiger partial charge >= 0.3 is 6.03 Å². The minimum absolute atomic E-state index is 0.0765. The van der Waals surface area contributed by atoms with E-state index in [1.807, 2.05) is 0 Å². The Labute approximate surface area is 169 Å². The largest absolute Gasteiger partial charge is 0.493 e. The van der Waals surface area contributed by atoms with Gasteiger partial charge in [-0.05, 0) is 43.3 Å². The van der Waals surface area contributed by atoms with Crippen molar-refractivity contribution in [3.63, 3.8) is 0 Å². The van der Waals surface area contributed by atoms with Crippen LogP contribution in [0.2, 0.25) is 5.02 Å². The van der Waals surface area contributed by atoms with Crippen molar-refractivity contribution in [3.8, 4) is 5.75 Å². The Morgan fingerprint density at radius 1 is 1.17 bits per heavy atom. The van der Waals surface area contributed by atoms with Gasteiger partial charge in [0.15, 0.2) is 0 Å². The predicted octanol–water partition coefficient (Wildman–Crippen LogP) is 3.31. The molecule has 0 aromatic heterocycles. The van der Waals surface area contributed by atoms with E-state index in [0.717, 1.165) is 17.0 Å². The van der Waals surface area contributed by atoms with Gasteiger partial charge in [0.2, 0.25) is 0 Å². The zero-order valence-corrected chi connectivity index (χ0v) is 15.8. The maximum Gasteiger partial charge on any atom is 0.335 e. The molecule has 0 unspecified atom stereocenters. The van der Waals surface area contributed by atoms with Gasteiger partial charge in [-0.3, -0.25) is 25.0 Å². The highest BCUT2D eigenvalue weighted by Crippen LogP contribution is 2.28. The number of hydrogen-bond donors (Lipinski definition) is 1. The van der Waals surface area contributed by atoms with Gasteiger partial charge in [-0.15, -0.1) is 0 Å². The lowest BCUT2D eigenvalue weighted by atomic mass is 10.1. The Kier molecular flexibility index (Phi) is 5.60. The van der Waals surface area contributed by atoms with Crippen LogP contribution in [-0.2, 0) is 9.59 Å². The zero-order chi connectivity index (χ0) is 21.1. The Morgan fingerprint density at radius 2 is 1.86 bits per heavy atom. The average Bonchev–Trinajstić information content (AvgIpc) is 2.67. The van der Waals surface area contributed by atoms with Crippen molar-refractivity contribution < 1.29 is 24.0 Å². The molecule has 29 heavy (non-hydrogen) atoms. The van der Waals surface area contributed by atoms with E-state index in [1.54, 1.807) is 19.1 Å². The van der Waals surface area contributed by atoms with Crippen LogP contribution < -0.4 is 15.0 Å². The van der Waals surface area contributed by atoms with E-state index in [-0.39, 0.29) is 16.9 Å². The van der Waals surface area contributed by atoms with Crippen LogP contribution in [0.5, 0.6) is 5.75 Å². The van der Waals surface area contributed by atoms with Crippen LogP contribution >= 0.6 is 11.6 Å². The number of nitro benzene ring substituents is 1. The zero-order valence-electron chi connectivity index (χ0n) is 15.0. The van der Waals surface area contributed by atoms with Gasteiger partial charge in [0.05, 0.1) is 17.2 Å². The minimum atomic E-state index is -0.956. The summed E-state index contributed by atoms with van der Waals surface area (Å²) in [7, 11) is 0. The minimum Gasteiger partial charge on any atom is -0.493 e. The number of ether oxygens (including phenoxy) is 1. The van der Waals surface area contributed by atoms with E-state index >= 15 is 0 Å². The first kappa shape index (κ1) is 20.0. The summed E-state index contributed by atoms with van der Waals surface area (Å²) in [6.45, 7) is 2.13. The van der Waals surface area contributed by atoms with Crippen molar-refractivity contribution in [1.29, 1.82) is 0 Å². The second-order valence-corrected chi connectivity index (χ2v) is 6.28. The Bertz CT molecular complexity index is 1050. The number of hydrogen-bond acceptors (Lipinski definition) is 6. The fourth-order valence-corrected chi connectivity index (χ4v) is 2.87. The Morgan fingerprint density at radius 3 is 2.48 bits per heavy atom. The van der Waals surface area contributed by atoms with Crippen LogP contribution in [0.1, 0.15) is 12.5 Å². The molecule has 2 aromatic carbocycles. The second-order valence-electron chi connectivity index (χ2n) is 5.85. The first-order valence-electron chi connectivity index (χ1n) is 8.40. The van der Waals surface area contributed by atoms with E-state index in [1.165, 1.54) is 24.3 Å². The maximum absolute atomic E-state index is 12.9. The topological polar surface area (TPSA) is 119 Å². The number of nitrogens with one attached hydrogen (secondary N) is 1. The van der Waals surface area contributed by atoms with Crippen LogP contribution in [0.25, 0.3) is 6.08 Å². The van der Waals surface area contributed by atoms with E-state index in [0.29, 0.717) is 22.9 Å². The molecule has 9 nitrogen and oxygen atoms in total. The van der Waals surface area contributed by atoms with Crippen molar-refractivity contribution in [2.45, 2.75) is 6.92 Å². The molecule has 0 radical (unpaired) electrons. The normalized spacial score (nSPS) is 15.4. The summed E-state index contributed by atoms with van der Waals surface area (Å²) in [5.41, 5.74) is -0.0552. The first-order valence-corrected chi connectivity index (χ1v) is 8.78. The van der Waals surface area contributed by atoms with Crippen LogP contribution in [0.15, 0.2) is 48.0 Å². The van der Waals surface area contributed by atoms with Gasteiger partial charge in [0.25, 0.3) is 17.5 Å². The molecule has 10 heteroatoms. The summed E-state index contributed by atoms with van der Waals surface area (Å²) in [6, 6.07) is 8.56. The van der Waals surface area contributed by atoms with Crippen molar-refractivity contribution in [1.82, 2.24) is 5.32 Å². The van der Waals surface area contributed by atoms with E-state index in [2.05, 4.69) is 5.32 Å². The summed E-state index contributed by atoms with van der Waals surface area (Å²) in [5, 5.41) is 13.2. The number of rotatable bonds is 5. The molecule has 0 saturated carbocycles. The summed E-state index contributed by atoms with van der Waals surface area (Å²) in [6.07, 6.45) is 1.28. The quantitative estimate of drug-likeness (QED) is 0.346. The number of halogens is 1. The number of carbonyl (C=O) groups is 3. The number of non-ortho nitro benzene ring substituents is 1. The van der Waals surface area contributed by atoms with Gasteiger partial charge < -0.3 is 4.74 Å². The number of benzene rings is 2. The molecule has 0 bridgehead atoms. The second kappa shape index (κ2) is 8.11. The summed E-state index contributed by atoms with van der Waals surface area (Å²) < 4.78 is 5.48. The maximum atomic E-state index is 12.9. The molecule has 2 aromatic rings. The van der Waals surface area contributed by atoms with E-state index in [4.69, 9.17) is 16.3 Å². The molecule has 0 atom stereocenters. The molecule has 1 saturated heterocycles. The molecular weight excluding hydrogens is 402 g/mol. The first-order chi connectivity index (χ1) is 13.8. The van der Waals surface area contributed by atoms with E-state index < -0.39 is 22.8 Å². The number of nitro groups is 1. The van der Waals surface area contributed by atoms with Gasteiger partial charge in [-0.2, -0.15) is 0 Å². The molecule has 148 valence electrons. The highest BCUT2D eigenvalue weighted by Gasteiger charge is 2.37. The number of barbiturate groups is 1. The predicted molar refractivity (Wildman–Crippen MR) is 105 cm³/mol. The van der Waals surface area contributed by atoms with Gasteiger partial charge in [-0.1, -0.05) is 11.6 Å². The fraction of sp³-hybridized carbons (Fsp3) is 0.105. The number of imide groups is 2. The number of nitrogens with zero attached hydrogens (tertiary/aromatic N) is 2. The van der Waals surface area contributed by atoms with Crippen molar-refractivity contribution in [2.24, 2.45) is 0 Å². The van der Waals surface area contributed by atoms with Gasteiger partial charge in [0.1, 0.15) is 11.3 Å². The molecule has 3 rings (SSSR count). The molecule has 1 aliphatic heterocycles. The lowest BCUT2D eigenvalue weighted by Gasteiger charge is -2.26. The van der Waals surface area contributed by atoms with E-state index in [9.17, 15) is 24.5 Å². The van der Waals surface area contributed by atoms with Crippen LogP contribution in [-0.4, -0.2) is 29.4 Å². The third-order valence-corrected chi connectivity index (χ3v) is 4.23. The average molecular weight is 416 g/mol. The molecule has 1 heterocycles. The number of anilines is 1. The molecule has 0 spiro atoms. The number of amides is 4. The number of urea groups is 1. The summed E-state index contributed by atoms with van der Waals surface area (Å²) >= 11 is 6.01. The Balaban J connectivity index is 2.02. The third kappa shape index (κ3) is 4.09. The fourth-order valence-electron chi connectivity index (χ4n) is 2.69. The van der Waals surface area contributed by atoms with Crippen LogP contribution in [0, 0.1) is 10.1 Å². The molecule has 4 amide bonds. The lowest BCUT2D eigenvalue weighted by molar-refractivity contribution is -0.384. The molecule has 0 aliphatic carbocycles. The van der Waals surface area contributed by atoms with Crippen molar-refractivity contribution in [3.05, 3.63) is 68.7 Å². The molecule has 1 N–H and O–H groups in total. The monoisotopic (exact) mass is 415 g/mol. The van der Waals surface area contributed by atoms with Crippen molar-refractivity contribution >= 4 is 46.9 Å². The van der Waals surface area contributed by atoms with Gasteiger partial charge in [-0.25, -0.2) is 9.69 Å². The molecular formula is C19H14ClN3O6. The SMILES string of the molecule is CCOc1ccc(Cl)cc1/C=C1\C(=O)NC(=O)N(c2ccc([N+](=O)[O-])cc2)C1=O. The van der Waals surface area contributed by atoms with Gasteiger partial charge in [0, 0.05) is 22.7 Å². The smallest absolute Gasteiger partial charge is 0.335 e. The third-order valence-electron chi connectivity index (χ3n) is 3.99.